The van der Waals surface area contributed by atoms with Gasteiger partial charge in [0.1, 0.15) is 9.88 Å². The topological polar surface area (TPSA) is 59.0 Å². The Kier molecular flexibility index (Phi) is 4.96. The maximum atomic E-state index is 12.7. The third kappa shape index (κ3) is 3.65. The van der Waals surface area contributed by atoms with Gasteiger partial charge in [-0.25, -0.2) is 4.98 Å². The van der Waals surface area contributed by atoms with E-state index in [1.807, 2.05) is 44.3 Å². The summed E-state index contributed by atoms with van der Waals surface area (Å²) in [5.74, 6) is 0.00115. The number of aryl methyl sites for hydroxylation is 1. The lowest BCUT2D eigenvalue weighted by atomic mass is 10.2. The summed E-state index contributed by atoms with van der Waals surface area (Å²) in [6, 6.07) is 9.62. The fourth-order valence-corrected chi connectivity index (χ4v) is 3.35. The highest BCUT2D eigenvalue weighted by atomic mass is 32.1. The molecule has 3 aromatic heterocycles. The number of rotatable bonds is 5. The maximum absolute atomic E-state index is 12.7. The molecule has 3 rings (SSSR count). The fourth-order valence-electron chi connectivity index (χ4n) is 2.31. The Morgan fingerprint density at radius 1 is 1.17 bits per heavy atom. The van der Waals surface area contributed by atoms with Gasteiger partial charge in [-0.1, -0.05) is 6.07 Å². The molecule has 0 bridgehead atoms. The minimum atomic E-state index is 0.00115. The Morgan fingerprint density at radius 3 is 2.67 bits per heavy atom. The van der Waals surface area contributed by atoms with Crippen LogP contribution in [0.4, 0.5) is 0 Å². The van der Waals surface area contributed by atoms with Crippen LogP contribution < -0.4 is 0 Å². The molecule has 0 aliphatic rings. The number of likely N-dealkylation sites (N-methyl/N-ethyl adjacent to an activating group) is 1. The molecule has 3 aromatic rings. The van der Waals surface area contributed by atoms with E-state index >= 15 is 0 Å². The van der Waals surface area contributed by atoms with Crippen LogP contribution >= 0.6 is 11.3 Å². The summed E-state index contributed by atoms with van der Waals surface area (Å²) in [5, 5.41) is 0.777. The van der Waals surface area contributed by atoms with Crippen molar-refractivity contribution in [1.29, 1.82) is 0 Å². The molecule has 0 fully saturated rings. The average Bonchev–Trinajstić information content (AvgIpc) is 3.02. The van der Waals surface area contributed by atoms with Gasteiger partial charge >= 0.3 is 0 Å². The maximum Gasteiger partial charge on any atom is 0.265 e. The highest BCUT2D eigenvalue weighted by molar-refractivity contribution is 7.17. The predicted octanol–water partition coefficient (Wildman–Crippen LogP) is 3.22. The van der Waals surface area contributed by atoms with Crippen LogP contribution in [0.25, 0.3) is 10.7 Å². The first-order valence-electron chi connectivity index (χ1n) is 7.68. The van der Waals surface area contributed by atoms with Crippen LogP contribution in [0.5, 0.6) is 0 Å². The van der Waals surface area contributed by atoms with Crippen LogP contribution in [0.1, 0.15) is 20.9 Å². The van der Waals surface area contributed by atoms with Gasteiger partial charge in [-0.3, -0.25) is 14.8 Å². The summed E-state index contributed by atoms with van der Waals surface area (Å²) in [5.41, 5.74) is 2.71. The van der Waals surface area contributed by atoms with Gasteiger partial charge < -0.3 is 4.90 Å². The first-order valence-corrected chi connectivity index (χ1v) is 8.50. The standard InChI is InChI=1S/C18H18N4OS/c1-13-16(24-17(21-13)15-5-3-4-9-20-15)18(23)22(2)12-8-14-6-10-19-11-7-14/h3-7,9-11H,8,12H2,1-2H3. The first-order chi connectivity index (χ1) is 11.6. The molecule has 0 aliphatic carbocycles. The van der Waals surface area contributed by atoms with Crippen LogP contribution in [-0.4, -0.2) is 39.4 Å². The zero-order valence-electron chi connectivity index (χ0n) is 13.6. The van der Waals surface area contributed by atoms with Gasteiger partial charge in [0.05, 0.1) is 11.4 Å². The number of hydrogen-bond acceptors (Lipinski definition) is 5. The highest BCUT2D eigenvalue weighted by Crippen LogP contribution is 2.27. The number of carbonyl (C=O) groups is 1. The normalized spacial score (nSPS) is 10.6. The molecule has 1 amide bonds. The lowest BCUT2D eigenvalue weighted by Gasteiger charge is -2.16. The number of nitrogens with zero attached hydrogens (tertiary/aromatic N) is 4. The van der Waals surface area contributed by atoms with Gasteiger partial charge in [0, 0.05) is 32.2 Å². The molecule has 0 aromatic carbocycles. The van der Waals surface area contributed by atoms with E-state index in [1.54, 1.807) is 23.5 Å². The van der Waals surface area contributed by atoms with Crippen molar-refractivity contribution in [2.75, 3.05) is 13.6 Å². The lowest BCUT2D eigenvalue weighted by molar-refractivity contribution is 0.0800. The lowest BCUT2D eigenvalue weighted by Crippen LogP contribution is -2.28. The first kappa shape index (κ1) is 16.3. The van der Waals surface area contributed by atoms with E-state index in [2.05, 4.69) is 15.0 Å². The number of pyridine rings is 2. The van der Waals surface area contributed by atoms with Gasteiger partial charge in [0.2, 0.25) is 0 Å². The second kappa shape index (κ2) is 7.31. The number of amides is 1. The molecule has 0 spiro atoms. The molecule has 5 nitrogen and oxygen atoms in total. The summed E-state index contributed by atoms with van der Waals surface area (Å²) in [6.45, 7) is 2.52. The van der Waals surface area contributed by atoms with Gasteiger partial charge in [-0.2, -0.15) is 0 Å². The Hall–Kier alpha value is -2.60. The monoisotopic (exact) mass is 338 g/mol. The molecular weight excluding hydrogens is 320 g/mol. The molecule has 6 heteroatoms. The average molecular weight is 338 g/mol. The molecule has 0 saturated carbocycles. The van der Waals surface area contributed by atoms with Gasteiger partial charge in [-0.15, -0.1) is 11.3 Å². The van der Waals surface area contributed by atoms with E-state index in [9.17, 15) is 4.79 Å². The van der Waals surface area contributed by atoms with E-state index in [4.69, 9.17) is 0 Å². The molecule has 0 aliphatic heterocycles. The van der Waals surface area contributed by atoms with Crippen molar-refractivity contribution >= 4 is 17.2 Å². The zero-order valence-corrected chi connectivity index (χ0v) is 14.5. The molecule has 0 atom stereocenters. The molecule has 0 unspecified atom stereocenters. The van der Waals surface area contributed by atoms with Crippen LogP contribution in [-0.2, 0) is 6.42 Å². The molecule has 3 heterocycles. The van der Waals surface area contributed by atoms with Crippen molar-refractivity contribution in [2.45, 2.75) is 13.3 Å². The number of aromatic nitrogens is 3. The Labute approximate surface area is 145 Å². The van der Waals surface area contributed by atoms with Crippen LogP contribution in [0.3, 0.4) is 0 Å². The minimum Gasteiger partial charge on any atom is -0.341 e. The van der Waals surface area contributed by atoms with Gasteiger partial charge in [0.25, 0.3) is 5.91 Å². The smallest absolute Gasteiger partial charge is 0.265 e. The van der Waals surface area contributed by atoms with E-state index in [1.165, 1.54) is 16.9 Å². The molecule has 0 radical (unpaired) electrons. The molecule has 24 heavy (non-hydrogen) atoms. The summed E-state index contributed by atoms with van der Waals surface area (Å²) >= 11 is 1.40. The van der Waals surface area contributed by atoms with E-state index in [0.29, 0.717) is 11.4 Å². The Morgan fingerprint density at radius 2 is 1.96 bits per heavy atom. The second-order valence-corrected chi connectivity index (χ2v) is 6.48. The van der Waals surface area contributed by atoms with Crippen molar-refractivity contribution in [3.05, 3.63) is 65.1 Å². The SMILES string of the molecule is Cc1nc(-c2ccccn2)sc1C(=O)N(C)CCc1ccncc1. The summed E-state index contributed by atoms with van der Waals surface area (Å²) in [6.07, 6.45) is 6.07. The molecular formula is C18H18N4OS. The number of hydrogen-bond donors (Lipinski definition) is 0. The van der Waals surface area contributed by atoms with Crippen molar-refractivity contribution in [2.24, 2.45) is 0 Å². The molecule has 0 saturated heterocycles. The zero-order chi connectivity index (χ0) is 16.9. The third-order valence-corrected chi connectivity index (χ3v) is 4.87. The van der Waals surface area contributed by atoms with Crippen molar-refractivity contribution in [3.63, 3.8) is 0 Å². The van der Waals surface area contributed by atoms with Gasteiger partial charge in [-0.05, 0) is 43.2 Å². The minimum absolute atomic E-state index is 0.00115. The van der Waals surface area contributed by atoms with Crippen LogP contribution in [0.2, 0.25) is 0 Å². The fraction of sp³-hybridized carbons (Fsp3) is 0.222. The highest BCUT2D eigenvalue weighted by Gasteiger charge is 2.19. The van der Waals surface area contributed by atoms with E-state index < -0.39 is 0 Å². The number of thiazole rings is 1. The third-order valence-electron chi connectivity index (χ3n) is 3.71. The Balaban J connectivity index is 1.71. The summed E-state index contributed by atoms with van der Waals surface area (Å²) in [4.78, 5) is 27.9. The quantitative estimate of drug-likeness (QED) is 0.717. The van der Waals surface area contributed by atoms with Crippen LogP contribution in [0.15, 0.2) is 48.9 Å². The van der Waals surface area contributed by atoms with Crippen molar-refractivity contribution in [1.82, 2.24) is 19.9 Å². The van der Waals surface area contributed by atoms with Gasteiger partial charge in [0.15, 0.2) is 0 Å². The Bertz CT molecular complexity index is 818. The second-order valence-electron chi connectivity index (χ2n) is 5.48. The summed E-state index contributed by atoms with van der Waals surface area (Å²) < 4.78 is 0. The van der Waals surface area contributed by atoms with Crippen LogP contribution in [0, 0.1) is 6.92 Å². The van der Waals surface area contributed by atoms with Crippen molar-refractivity contribution in [3.8, 4) is 10.7 Å². The molecule has 122 valence electrons. The molecule has 0 N–H and O–H groups in total. The van der Waals surface area contributed by atoms with E-state index in [-0.39, 0.29) is 5.91 Å². The number of carbonyl (C=O) groups excluding carboxylic acids is 1. The largest absolute Gasteiger partial charge is 0.341 e. The van der Waals surface area contributed by atoms with Crippen molar-refractivity contribution < 1.29 is 4.79 Å². The summed E-state index contributed by atoms with van der Waals surface area (Å²) in [7, 11) is 1.82. The van der Waals surface area contributed by atoms with E-state index in [0.717, 1.165) is 22.8 Å². The predicted molar refractivity (Wildman–Crippen MR) is 95.0 cm³/mol.